The first-order valence-corrected chi connectivity index (χ1v) is 8.45. The minimum atomic E-state index is -0.0924. The van der Waals surface area contributed by atoms with Gasteiger partial charge in [-0.3, -0.25) is 9.69 Å². The molecule has 1 aromatic carbocycles. The normalized spacial score (nSPS) is 16.3. The topological polar surface area (TPSA) is 67.6 Å². The molecule has 3 N–H and O–H groups in total. The number of halogens is 2. The van der Waals surface area contributed by atoms with Crippen molar-refractivity contribution in [3.8, 4) is 5.75 Å². The van der Waals surface area contributed by atoms with Crippen molar-refractivity contribution in [3.05, 3.63) is 29.8 Å². The molecule has 1 saturated heterocycles. The maximum Gasteiger partial charge on any atom is 0.224 e. The third-order valence-corrected chi connectivity index (χ3v) is 4.64. The summed E-state index contributed by atoms with van der Waals surface area (Å²) in [6.07, 6.45) is 2.26. The van der Waals surface area contributed by atoms with Gasteiger partial charge in [0.1, 0.15) is 5.75 Å². The Kier molecular flexibility index (Phi) is 11.9. The predicted octanol–water partition coefficient (Wildman–Crippen LogP) is 2.46. The van der Waals surface area contributed by atoms with Crippen LogP contribution in [0.5, 0.6) is 5.75 Å². The lowest BCUT2D eigenvalue weighted by Crippen LogP contribution is -2.40. The molecule has 0 saturated carbocycles. The van der Waals surface area contributed by atoms with E-state index in [1.807, 2.05) is 19.1 Å². The van der Waals surface area contributed by atoms with Gasteiger partial charge < -0.3 is 15.8 Å². The summed E-state index contributed by atoms with van der Waals surface area (Å²) in [5.74, 6) is 1.46. The van der Waals surface area contributed by atoms with E-state index < -0.39 is 0 Å². The quantitative estimate of drug-likeness (QED) is 0.748. The van der Waals surface area contributed by atoms with Crippen molar-refractivity contribution in [3.63, 3.8) is 0 Å². The number of nitrogens with one attached hydrogen (secondary N) is 1. The van der Waals surface area contributed by atoms with Crippen LogP contribution in [0.4, 0.5) is 0 Å². The zero-order chi connectivity index (χ0) is 16.7. The molecule has 0 aromatic heterocycles. The Morgan fingerprint density at radius 3 is 2.40 bits per heavy atom. The molecule has 1 atom stereocenters. The lowest BCUT2D eigenvalue weighted by molar-refractivity contribution is -0.124. The lowest BCUT2D eigenvalue weighted by Gasteiger charge is -2.32. The van der Waals surface area contributed by atoms with Crippen LogP contribution in [0, 0.1) is 11.8 Å². The zero-order valence-corrected chi connectivity index (χ0v) is 16.7. The van der Waals surface area contributed by atoms with E-state index in [0.717, 1.165) is 44.8 Å². The Bertz CT molecular complexity index is 492. The number of carbonyl (C=O) groups is 1. The van der Waals surface area contributed by atoms with E-state index in [4.69, 9.17) is 10.5 Å². The van der Waals surface area contributed by atoms with Crippen LogP contribution in [-0.2, 0) is 11.3 Å². The highest BCUT2D eigenvalue weighted by Crippen LogP contribution is 2.19. The highest BCUT2D eigenvalue weighted by Gasteiger charge is 2.20. The minimum absolute atomic E-state index is 0. The van der Waals surface area contributed by atoms with E-state index >= 15 is 0 Å². The third-order valence-electron chi connectivity index (χ3n) is 4.64. The average Bonchev–Trinajstić information content (AvgIpc) is 2.60. The van der Waals surface area contributed by atoms with Crippen molar-refractivity contribution in [1.82, 2.24) is 10.2 Å². The number of methoxy groups -OCH3 is 1. The van der Waals surface area contributed by atoms with Gasteiger partial charge in [-0.05, 0) is 49.5 Å². The summed E-state index contributed by atoms with van der Waals surface area (Å²) < 4.78 is 5.19. The van der Waals surface area contributed by atoms with Crippen LogP contribution in [0.2, 0.25) is 0 Å². The van der Waals surface area contributed by atoms with E-state index in [1.165, 1.54) is 5.56 Å². The fourth-order valence-electron chi connectivity index (χ4n) is 2.86. The molecule has 1 unspecified atom stereocenters. The van der Waals surface area contributed by atoms with E-state index in [1.54, 1.807) is 7.11 Å². The number of nitrogens with two attached hydrogens (primary N) is 1. The predicted molar refractivity (Wildman–Crippen MR) is 107 cm³/mol. The molecule has 0 radical (unpaired) electrons. The first kappa shape index (κ1) is 24.0. The van der Waals surface area contributed by atoms with E-state index in [9.17, 15) is 4.79 Å². The molecule has 0 aliphatic carbocycles. The fraction of sp³-hybridized carbons (Fsp3) is 0.611. The SMILES string of the molecule is COc1ccc(CN2CCC(CNC(=O)C(C)CN)CC2)cc1.Cl.Cl. The molecule has 1 aliphatic heterocycles. The van der Waals surface area contributed by atoms with Gasteiger partial charge in [0.15, 0.2) is 0 Å². The standard InChI is InChI=1S/C18H29N3O2.2ClH/c1-14(11-19)18(22)20-12-15-7-9-21(10-8-15)13-16-3-5-17(23-2)6-4-16;;/h3-6,14-15H,7-13,19H2,1-2H3,(H,20,22);2*1H. The molecule has 1 amide bonds. The minimum Gasteiger partial charge on any atom is -0.497 e. The second-order valence-electron chi connectivity index (χ2n) is 6.45. The lowest BCUT2D eigenvalue weighted by atomic mass is 9.96. The van der Waals surface area contributed by atoms with Crippen molar-refractivity contribution < 1.29 is 9.53 Å². The number of amides is 1. The van der Waals surface area contributed by atoms with Crippen molar-refractivity contribution in [1.29, 1.82) is 0 Å². The molecule has 1 heterocycles. The van der Waals surface area contributed by atoms with Crippen LogP contribution in [0.25, 0.3) is 0 Å². The molecule has 2 rings (SSSR count). The number of likely N-dealkylation sites (tertiary alicyclic amines) is 1. The highest BCUT2D eigenvalue weighted by molar-refractivity contribution is 5.85. The van der Waals surface area contributed by atoms with Crippen LogP contribution in [0.1, 0.15) is 25.3 Å². The fourth-order valence-corrected chi connectivity index (χ4v) is 2.86. The molecule has 25 heavy (non-hydrogen) atoms. The number of piperidine rings is 1. The van der Waals surface area contributed by atoms with Crippen LogP contribution in [0.15, 0.2) is 24.3 Å². The maximum atomic E-state index is 11.8. The highest BCUT2D eigenvalue weighted by atomic mass is 35.5. The molecule has 5 nitrogen and oxygen atoms in total. The smallest absolute Gasteiger partial charge is 0.224 e. The van der Waals surface area contributed by atoms with Gasteiger partial charge >= 0.3 is 0 Å². The van der Waals surface area contributed by atoms with E-state index in [-0.39, 0.29) is 36.6 Å². The number of hydrogen-bond acceptors (Lipinski definition) is 4. The Labute approximate surface area is 163 Å². The van der Waals surface area contributed by atoms with Crippen molar-refractivity contribution in [2.24, 2.45) is 17.6 Å². The van der Waals surface area contributed by atoms with Crippen LogP contribution in [-0.4, -0.2) is 44.1 Å². The van der Waals surface area contributed by atoms with Gasteiger partial charge in [-0.25, -0.2) is 0 Å². The zero-order valence-electron chi connectivity index (χ0n) is 15.1. The molecule has 1 aliphatic rings. The van der Waals surface area contributed by atoms with Gasteiger partial charge in [0.25, 0.3) is 0 Å². The number of nitrogens with zero attached hydrogens (tertiary/aromatic N) is 1. The number of ether oxygens (including phenoxy) is 1. The van der Waals surface area contributed by atoms with Crippen LogP contribution >= 0.6 is 24.8 Å². The van der Waals surface area contributed by atoms with Crippen LogP contribution < -0.4 is 15.8 Å². The van der Waals surface area contributed by atoms with Crippen molar-refractivity contribution >= 4 is 30.7 Å². The summed E-state index contributed by atoms with van der Waals surface area (Å²) in [6.45, 7) is 6.20. The Morgan fingerprint density at radius 1 is 1.28 bits per heavy atom. The van der Waals surface area contributed by atoms with Gasteiger partial charge in [-0.2, -0.15) is 0 Å². The van der Waals surface area contributed by atoms with E-state index in [2.05, 4.69) is 22.3 Å². The average molecular weight is 392 g/mol. The largest absolute Gasteiger partial charge is 0.497 e. The monoisotopic (exact) mass is 391 g/mol. The summed E-state index contributed by atoms with van der Waals surface area (Å²) in [5, 5.41) is 3.03. The van der Waals surface area contributed by atoms with E-state index in [0.29, 0.717) is 12.5 Å². The van der Waals surface area contributed by atoms with Gasteiger partial charge in [0, 0.05) is 25.6 Å². The van der Waals surface area contributed by atoms with Gasteiger partial charge in [0.05, 0.1) is 7.11 Å². The first-order valence-electron chi connectivity index (χ1n) is 8.45. The van der Waals surface area contributed by atoms with Gasteiger partial charge in [-0.15, -0.1) is 24.8 Å². The molecule has 144 valence electrons. The Hall–Kier alpha value is -1.01. The summed E-state index contributed by atoms with van der Waals surface area (Å²) in [7, 11) is 1.69. The molecule has 1 aromatic rings. The number of hydrogen-bond donors (Lipinski definition) is 2. The number of rotatable bonds is 7. The summed E-state index contributed by atoms with van der Waals surface area (Å²) in [6, 6.07) is 8.27. The summed E-state index contributed by atoms with van der Waals surface area (Å²) in [4.78, 5) is 14.2. The van der Waals surface area contributed by atoms with Crippen LogP contribution in [0.3, 0.4) is 0 Å². The third kappa shape index (κ3) is 7.82. The number of carbonyl (C=O) groups excluding carboxylic acids is 1. The molecular formula is C18H31Cl2N3O2. The molecule has 0 spiro atoms. The number of benzene rings is 1. The summed E-state index contributed by atoms with van der Waals surface area (Å²) >= 11 is 0. The Balaban J connectivity index is 0.00000288. The van der Waals surface area contributed by atoms with Gasteiger partial charge in [0.2, 0.25) is 5.91 Å². The van der Waals surface area contributed by atoms with Gasteiger partial charge in [-0.1, -0.05) is 19.1 Å². The molecule has 7 heteroatoms. The van der Waals surface area contributed by atoms with Crippen molar-refractivity contribution in [2.75, 3.05) is 33.3 Å². The molecule has 1 fully saturated rings. The van der Waals surface area contributed by atoms with Crippen molar-refractivity contribution in [2.45, 2.75) is 26.3 Å². The second kappa shape index (κ2) is 12.4. The second-order valence-corrected chi connectivity index (χ2v) is 6.45. The molecule has 0 bridgehead atoms. The summed E-state index contributed by atoms with van der Waals surface area (Å²) in [5.41, 5.74) is 6.83. The maximum absolute atomic E-state index is 11.8. The Morgan fingerprint density at radius 2 is 1.88 bits per heavy atom. The first-order chi connectivity index (χ1) is 11.1. The molecular weight excluding hydrogens is 361 g/mol.